The minimum atomic E-state index is -0.147. The number of rotatable bonds is 6. The Kier molecular flexibility index (Phi) is 5.31. The van der Waals surface area contributed by atoms with Crippen LogP contribution in [0.3, 0.4) is 0 Å². The number of methoxy groups -OCH3 is 1. The molecule has 1 aliphatic carbocycles. The summed E-state index contributed by atoms with van der Waals surface area (Å²) in [4.78, 5) is 31.7. The van der Waals surface area contributed by atoms with E-state index >= 15 is 0 Å². The molecule has 2 fully saturated rings. The number of nitrogens with one attached hydrogen (secondary N) is 1. The Balaban J connectivity index is 1.47. The molecule has 1 saturated carbocycles. The lowest BCUT2D eigenvalue weighted by molar-refractivity contribution is -0.142. The molecule has 1 aromatic carbocycles. The quantitative estimate of drug-likeness (QED) is 0.835. The summed E-state index contributed by atoms with van der Waals surface area (Å²) in [7, 11) is 1.66. The van der Waals surface area contributed by atoms with Gasteiger partial charge in [-0.3, -0.25) is 9.59 Å². The summed E-state index contributed by atoms with van der Waals surface area (Å²) in [6.45, 7) is 1.76. The van der Waals surface area contributed by atoms with Crippen LogP contribution < -0.4 is 5.32 Å². The van der Waals surface area contributed by atoms with Crippen molar-refractivity contribution in [2.75, 3.05) is 26.8 Å². The van der Waals surface area contributed by atoms with Crippen molar-refractivity contribution in [1.29, 1.82) is 0 Å². The molecule has 2 aliphatic rings. The van der Waals surface area contributed by atoms with E-state index in [2.05, 4.69) is 10.3 Å². The van der Waals surface area contributed by atoms with Gasteiger partial charge in [-0.2, -0.15) is 0 Å². The number of para-hydroxylation sites is 1. The summed E-state index contributed by atoms with van der Waals surface area (Å²) in [5.74, 6) is 0.0632. The Morgan fingerprint density at radius 1 is 1.29 bits per heavy atom. The molecule has 2 amide bonds. The van der Waals surface area contributed by atoms with Crippen LogP contribution in [0.2, 0.25) is 0 Å². The molecule has 1 N–H and O–H groups in total. The number of nitrogens with zero attached hydrogens (tertiary/aromatic N) is 2. The van der Waals surface area contributed by atoms with E-state index in [1.165, 1.54) is 0 Å². The number of aromatic nitrogens is 1. The van der Waals surface area contributed by atoms with Gasteiger partial charge in [-0.1, -0.05) is 30.7 Å². The normalized spacial score (nSPS) is 24.4. The molecule has 0 spiro atoms. The second-order valence-electron chi connectivity index (χ2n) is 7.92. The average molecular weight is 381 g/mol. The van der Waals surface area contributed by atoms with Crippen molar-refractivity contribution in [3.05, 3.63) is 42.1 Å². The first kappa shape index (κ1) is 18.9. The molecular weight excluding hydrogens is 354 g/mol. The Hall–Kier alpha value is -2.47. The lowest BCUT2D eigenvalue weighted by Gasteiger charge is -2.46. The summed E-state index contributed by atoms with van der Waals surface area (Å²) in [6, 6.07) is 11.7. The molecule has 2 aromatic rings. The molecule has 1 aromatic heterocycles. The number of amides is 2. The molecule has 1 saturated heterocycles. The highest BCUT2D eigenvalue weighted by atomic mass is 16.5. The maximum atomic E-state index is 12.8. The number of carbonyl (C=O) groups excluding carboxylic acids is 2. The summed E-state index contributed by atoms with van der Waals surface area (Å²) in [6.07, 6.45) is 4.51. The number of carbonyl (C=O) groups is 2. The van der Waals surface area contributed by atoms with Crippen molar-refractivity contribution in [3.8, 4) is 0 Å². The lowest BCUT2D eigenvalue weighted by atomic mass is 9.74. The molecule has 2 heterocycles. The van der Waals surface area contributed by atoms with Crippen LogP contribution >= 0.6 is 0 Å². The van der Waals surface area contributed by atoms with Crippen LogP contribution in [0.25, 0.3) is 10.9 Å². The number of fused-ring (bicyclic) bond motifs is 2. The fraction of sp³-hybridized carbons (Fsp3) is 0.500. The van der Waals surface area contributed by atoms with Crippen molar-refractivity contribution in [3.63, 3.8) is 0 Å². The minimum absolute atomic E-state index is 0.0336. The molecule has 0 bridgehead atoms. The first-order valence-corrected chi connectivity index (χ1v) is 10.1. The lowest BCUT2D eigenvalue weighted by Crippen LogP contribution is -2.56. The van der Waals surface area contributed by atoms with E-state index in [-0.39, 0.29) is 23.3 Å². The molecule has 0 unspecified atom stereocenters. The SMILES string of the molecule is COCCN1C(=O)CC[C@]2(CNC(=O)c3ccc4ccccc4n3)CCC[C@@H]12. The molecule has 0 radical (unpaired) electrons. The number of likely N-dealkylation sites (tertiary alicyclic amines) is 1. The van der Waals surface area contributed by atoms with Gasteiger partial charge in [0.05, 0.1) is 12.1 Å². The predicted molar refractivity (Wildman–Crippen MR) is 107 cm³/mol. The van der Waals surface area contributed by atoms with Crippen molar-refractivity contribution in [2.24, 2.45) is 5.41 Å². The fourth-order valence-corrected chi connectivity index (χ4v) is 4.88. The van der Waals surface area contributed by atoms with Crippen LogP contribution in [0.5, 0.6) is 0 Å². The van der Waals surface area contributed by atoms with E-state index < -0.39 is 0 Å². The second kappa shape index (κ2) is 7.87. The molecule has 6 heteroatoms. The molecule has 28 heavy (non-hydrogen) atoms. The maximum Gasteiger partial charge on any atom is 0.269 e. The zero-order valence-corrected chi connectivity index (χ0v) is 16.3. The number of ether oxygens (including phenoxy) is 1. The van der Waals surface area contributed by atoms with Crippen molar-refractivity contribution < 1.29 is 14.3 Å². The zero-order valence-electron chi connectivity index (χ0n) is 16.3. The fourth-order valence-electron chi connectivity index (χ4n) is 4.88. The van der Waals surface area contributed by atoms with Crippen LogP contribution in [0.1, 0.15) is 42.6 Å². The largest absolute Gasteiger partial charge is 0.383 e. The predicted octanol–water partition coefficient (Wildman–Crippen LogP) is 2.77. The highest BCUT2D eigenvalue weighted by Crippen LogP contribution is 2.47. The van der Waals surface area contributed by atoms with E-state index in [4.69, 9.17) is 4.74 Å². The maximum absolute atomic E-state index is 12.8. The summed E-state index contributed by atoms with van der Waals surface area (Å²) < 4.78 is 5.19. The van der Waals surface area contributed by atoms with Gasteiger partial charge in [0, 0.05) is 43.5 Å². The molecular formula is C22H27N3O3. The number of pyridine rings is 1. The smallest absolute Gasteiger partial charge is 0.269 e. The van der Waals surface area contributed by atoms with Gasteiger partial charge < -0.3 is 15.0 Å². The summed E-state index contributed by atoms with van der Waals surface area (Å²) in [5.41, 5.74) is 1.22. The number of hydrogen-bond donors (Lipinski definition) is 1. The average Bonchev–Trinajstić information content (AvgIpc) is 3.15. The molecule has 4 rings (SSSR count). The first-order valence-electron chi connectivity index (χ1n) is 10.1. The van der Waals surface area contributed by atoms with Crippen LogP contribution in [0.15, 0.2) is 36.4 Å². The van der Waals surface area contributed by atoms with E-state index in [0.717, 1.165) is 36.6 Å². The summed E-state index contributed by atoms with van der Waals surface area (Å²) >= 11 is 0. The molecule has 6 nitrogen and oxygen atoms in total. The van der Waals surface area contributed by atoms with Gasteiger partial charge in [-0.05, 0) is 31.4 Å². The van der Waals surface area contributed by atoms with Crippen LogP contribution in [0, 0.1) is 5.41 Å². The monoisotopic (exact) mass is 381 g/mol. The highest BCUT2D eigenvalue weighted by Gasteiger charge is 2.50. The molecule has 148 valence electrons. The van der Waals surface area contributed by atoms with Gasteiger partial charge in [0.1, 0.15) is 5.69 Å². The third-order valence-electron chi connectivity index (χ3n) is 6.36. The Labute approximate surface area is 165 Å². The minimum Gasteiger partial charge on any atom is -0.383 e. The third-order valence-corrected chi connectivity index (χ3v) is 6.36. The number of hydrogen-bond acceptors (Lipinski definition) is 4. The highest BCUT2D eigenvalue weighted by molar-refractivity contribution is 5.94. The second-order valence-corrected chi connectivity index (χ2v) is 7.92. The molecule has 2 atom stereocenters. The van der Waals surface area contributed by atoms with Gasteiger partial charge in [-0.15, -0.1) is 0 Å². The van der Waals surface area contributed by atoms with E-state index in [1.807, 2.05) is 35.2 Å². The van der Waals surface area contributed by atoms with Crippen molar-refractivity contribution in [2.45, 2.75) is 38.1 Å². The van der Waals surface area contributed by atoms with Gasteiger partial charge in [0.25, 0.3) is 5.91 Å². The van der Waals surface area contributed by atoms with Crippen molar-refractivity contribution in [1.82, 2.24) is 15.2 Å². The van der Waals surface area contributed by atoms with E-state index in [0.29, 0.717) is 31.8 Å². The van der Waals surface area contributed by atoms with Gasteiger partial charge in [0.2, 0.25) is 5.91 Å². The zero-order chi connectivity index (χ0) is 19.6. The topological polar surface area (TPSA) is 71.5 Å². The van der Waals surface area contributed by atoms with Gasteiger partial charge in [-0.25, -0.2) is 4.98 Å². The van der Waals surface area contributed by atoms with Gasteiger partial charge in [0.15, 0.2) is 0 Å². The van der Waals surface area contributed by atoms with Gasteiger partial charge >= 0.3 is 0 Å². The third kappa shape index (κ3) is 3.49. The van der Waals surface area contributed by atoms with Crippen LogP contribution in [-0.2, 0) is 9.53 Å². The summed E-state index contributed by atoms with van der Waals surface area (Å²) in [5, 5.41) is 4.14. The standard InChI is InChI=1S/C22H27N3O3/c1-28-14-13-25-19-7-4-11-22(19,12-10-20(25)26)15-23-21(27)18-9-8-16-5-2-3-6-17(16)24-18/h2-3,5-6,8-9,19H,4,7,10-15H2,1H3,(H,23,27)/t19-,22+/m1/s1. The number of piperidine rings is 1. The Bertz CT molecular complexity index is 884. The Morgan fingerprint density at radius 2 is 2.14 bits per heavy atom. The number of benzene rings is 1. The van der Waals surface area contributed by atoms with Crippen LogP contribution in [0.4, 0.5) is 0 Å². The van der Waals surface area contributed by atoms with E-state index in [1.54, 1.807) is 13.2 Å². The molecule has 1 aliphatic heterocycles. The first-order chi connectivity index (χ1) is 13.6. The van der Waals surface area contributed by atoms with Crippen LogP contribution in [-0.4, -0.2) is 54.5 Å². The van der Waals surface area contributed by atoms with E-state index in [9.17, 15) is 9.59 Å². The Morgan fingerprint density at radius 3 is 3.00 bits per heavy atom. The van der Waals surface area contributed by atoms with Crippen molar-refractivity contribution >= 4 is 22.7 Å².